The molecule has 122 valence electrons. The summed E-state index contributed by atoms with van der Waals surface area (Å²) in [4.78, 5) is 0. The van der Waals surface area contributed by atoms with Crippen LogP contribution < -0.4 is 4.74 Å². The molecule has 1 unspecified atom stereocenters. The Hall–Kier alpha value is -1.77. The monoisotopic (exact) mass is 310 g/mol. The standard InChI is InChI=1S/C20H26N2O/c1-6-23-18-16-15-11-12-20(5,19(15,3)4)17(16)21-22(18)14-9-7-13(2)8-10-14/h7-10,15H,6,11-12H2,1-5H3/t15?,20-/m0/s1. The summed E-state index contributed by atoms with van der Waals surface area (Å²) in [6, 6.07) is 8.54. The quantitative estimate of drug-likeness (QED) is 0.817. The van der Waals surface area contributed by atoms with Gasteiger partial charge in [0.25, 0.3) is 0 Å². The smallest absolute Gasteiger partial charge is 0.220 e. The second-order valence-electron chi connectivity index (χ2n) is 7.89. The molecule has 2 aromatic rings. The number of aryl methyl sites for hydroxylation is 1. The van der Waals surface area contributed by atoms with E-state index < -0.39 is 0 Å². The minimum absolute atomic E-state index is 0.162. The van der Waals surface area contributed by atoms with Crippen molar-refractivity contribution in [1.82, 2.24) is 9.78 Å². The number of ether oxygens (including phenoxy) is 1. The minimum Gasteiger partial charge on any atom is -0.478 e. The molecule has 1 aromatic carbocycles. The van der Waals surface area contributed by atoms with Crippen LogP contribution in [0, 0.1) is 12.3 Å². The maximum absolute atomic E-state index is 6.10. The normalized spacial score (nSPS) is 27.3. The van der Waals surface area contributed by atoms with Gasteiger partial charge in [-0.3, -0.25) is 0 Å². The molecule has 1 aromatic heterocycles. The average Bonchev–Trinajstić information content (AvgIpc) is 3.04. The summed E-state index contributed by atoms with van der Waals surface area (Å²) in [5.74, 6) is 1.52. The number of rotatable bonds is 3. The first-order chi connectivity index (χ1) is 10.9. The molecule has 3 heteroatoms. The molecular weight excluding hydrogens is 284 g/mol. The lowest BCUT2D eigenvalue weighted by Crippen LogP contribution is -2.32. The predicted molar refractivity (Wildman–Crippen MR) is 92.6 cm³/mol. The predicted octanol–water partition coefficient (Wildman–Crippen LogP) is 4.75. The number of nitrogens with zero attached hydrogens (tertiary/aromatic N) is 2. The van der Waals surface area contributed by atoms with Gasteiger partial charge in [0.1, 0.15) is 0 Å². The van der Waals surface area contributed by atoms with E-state index in [-0.39, 0.29) is 10.8 Å². The van der Waals surface area contributed by atoms with E-state index in [1.807, 2.05) is 4.68 Å². The SMILES string of the molecule is CCOc1c2c(nn1-c1ccc(C)cc1)[C@]1(C)CCC2C1(C)C. The van der Waals surface area contributed by atoms with Crippen molar-refractivity contribution < 1.29 is 4.74 Å². The number of hydrogen-bond acceptors (Lipinski definition) is 2. The fourth-order valence-electron chi connectivity index (χ4n) is 4.70. The van der Waals surface area contributed by atoms with Crippen LogP contribution in [0.1, 0.15) is 63.3 Å². The Kier molecular flexibility index (Phi) is 2.97. The number of hydrogen-bond donors (Lipinski definition) is 0. The molecule has 0 saturated heterocycles. The Morgan fingerprint density at radius 1 is 1.22 bits per heavy atom. The maximum Gasteiger partial charge on any atom is 0.220 e. The van der Waals surface area contributed by atoms with Crippen LogP contribution in [0.15, 0.2) is 24.3 Å². The van der Waals surface area contributed by atoms with Gasteiger partial charge in [0.15, 0.2) is 0 Å². The van der Waals surface area contributed by atoms with Gasteiger partial charge in [-0.2, -0.15) is 5.10 Å². The largest absolute Gasteiger partial charge is 0.478 e. The van der Waals surface area contributed by atoms with E-state index in [2.05, 4.69) is 58.9 Å². The Morgan fingerprint density at radius 2 is 1.91 bits per heavy atom. The Balaban J connectivity index is 1.92. The maximum atomic E-state index is 6.10. The molecule has 0 aliphatic heterocycles. The molecule has 1 heterocycles. The summed E-state index contributed by atoms with van der Waals surface area (Å²) in [7, 11) is 0. The van der Waals surface area contributed by atoms with Crippen LogP contribution in [0.2, 0.25) is 0 Å². The van der Waals surface area contributed by atoms with E-state index in [0.717, 1.165) is 11.6 Å². The first-order valence-corrected chi connectivity index (χ1v) is 8.73. The Morgan fingerprint density at radius 3 is 2.57 bits per heavy atom. The summed E-state index contributed by atoms with van der Waals surface area (Å²) >= 11 is 0. The number of fused-ring (bicyclic) bond motifs is 5. The molecule has 2 aliphatic carbocycles. The summed E-state index contributed by atoms with van der Waals surface area (Å²) in [6.45, 7) is 12.0. The van der Waals surface area contributed by atoms with Crippen molar-refractivity contribution in [3.63, 3.8) is 0 Å². The minimum atomic E-state index is 0.162. The van der Waals surface area contributed by atoms with Crippen LogP contribution >= 0.6 is 0 Å². The lowest BCUT2D eigenvalue weighted by atomic mass is 9.70. The second-order valence-corrected chi connectivity index (χ2v) is 7.89. The van der Waals surface area contributed by atoms with Crippen molar-refractivity contribution in [2.24, 2.45) is 5.41 Å². The van der Waals surface area contributed by atoms with Gasteiger partial charge >= 0.3 is 0 Å². The lowest BCUT2D eigenvalue weighted by Gasteiger charge is -2.34. The molecule has 1 saturated carbocycles. The molecule has 2 aliphatic rings. The van der Waals surface area contributed by atoms with Crippen LogP contribution in [0.4, 0.5) is 0 Å². The highest BCUT2D eigenvalue weighted by molar-refractivity contribution is 5.53. The molecular formula is C20H26N2O. The highest BCUT2D eigenvalue weighted by atomic mass is 16.5. The zero-order chi connectivity index (χ0) is 16.4. The fraction of sp³-hybridized carbons (Fsp3) is 0.550. The molecule has 2 bridgehead atoms. The molecule has 0 amide bonds. The van der Waals surface area contributed by atoms with Crippen LogP contribution in [0.3, 0.4) is 0 Å². The highest BCUT2D eigenvalue weighted by Crippen LogP contribution is 2.69. The van der Waals surface area contributed by atoms with Crippen LogP contribution in [0.5, 0.6) is 5.88 Å². The van der Waals surface area contributed by atoms with Gasteiger partial charge < -0.3 is 4.74 Å². The summed E-state index contributed by atoms with van der Waals surface area (Å²) < 4.78 is 8.12. The third-order valence-electron chi connectivity index (χ3n) is 6.53. The molecule has 0 spiro atoms. The van der Waals surface area contributed by atoms with Crippen molar-refractivity contribution in [3.8, 4) is 11.6 Å². The van der Waals surface area contributed by atoms with Crippen LogP contribution in [-0.2, 0) is 5.41 Å². The third kappa shape index (κ3) is 1.74. The van der Waals surface area contributed by atoms with Gasteiger partial charge in [-0.15, -0.1) is 0 Å². The molecule has 2 atom stereocenters. The van der Waals surface area contributed by atoms with Gasteiger partial charge in [0.2, 0.25) is 5.88 Å². The summed E-state index contributed by atoms with van der Waals surface area (Å²) in [5, 5.41) is 5.05. The Labute approximate surface area is 138 Å². The summed E-state index contributed by atoms with van der Waals surface area (Å²) in [6.07, 6.45) is 2.48. The number of benzene rings is 1. The van der Waals surface area contributed by atoms with Crippen molar-refractivity contribution in [1.29, 1.82) is 0 Å². The Bertz CT molecular complexity index is 757. The zero-order valence-electron chi connectivity index (χ0n) is 14.8. The van der Waals surface area contributed by atoms with Gasteiger partial charge in [-0.25, -0.2) is 4.68 Å². The van der Waals surface area contributed by atoms with Gasteiger partial charge in [0, 0.05) is 11.0 Å². The molecule has 3 nitrogen and oxygen atoms in total. The number of aromatic nitrogens is 2. The topological polar surface area (TPSA) is 27.1 Å². The molecule has 1 fully saturated rings. The van der Waals surface area contributed by atoms with Crippen LogP contribution in [0.25, 0.3) is 5.69 Å². The molecule has 23 heavy (non-hydrogen) atoms. The highest BCUT2D eigenvalue weighted by Gasteiger charge is 2.62. The van der Waals surface area contributed by atoms with E-state index in [1.54, 1.807) is 0 Å². The van der Waals surface area contributed by atoms with E-state index >= 15 is 0 Å². The lowest BCUT2D eigenvalue weighted by molar-refractivity contribution is 0.220. The fourth-order valence-corrected chi connectivity index (χ4v) is 4.70. The summed E-state index contributed by atoms with van der Waals surface area (Å²) in [5.41, 5.74) is 5.42. The molecule has 0 N–H and O–H groups in total. The van der Waals surface area contributed by atoms with Crippen molar-refractivity contribution >= 4 is 0 Å². The van der Waals surface area contributed by atoms with Crippen molar-refractivity contribution in [2.45, 2.75) is 58.8 Å². The zero-order valence-corrected chi connectivity index (χ0v) is 14.8. The molecule has 4 rings (SSSR count). The van der Waals surface area contributed by atoms with Gasteiger partial charge in [-0.05, 0) is 50.2 Å². The van der Waals surface area contributed by atoms with E-state index in [9.17, 15) is 0 Å². The van der Waals surface area contributed by atoms with Gasteiger partial charge in [0.05, 0.1) is 18.0 Å². The second kappa shape index (κ2) is 4.62. The van der Waals surface area contributed by atoms with Crippen molar-refractivity contribution in [3.05, 3.63) is 41.1 Å². The van der Waals surface area contributed by atoms with Crippen LogP contribution in [-0.4, -0.2) is 16.4 Å². The van der Waals surface area contributed by atoms with E-state index in [4.69, 9.17) is 9.84 Å². The average molecular weight is 310 g/mol. The molecule has 0 radical (unpaired) electrons. The van der Waals surface area contributed by atoms with E-state index in [0.29, 0.717) is 12.5 Å². The van der Waals surface area contributed by atoms with Gasteiger partial charge in [-0.1, -0.05) is 38.5 Å². The third-order valence-corrected chi connectivity index (χ3v) is 6.53. The van der Waals surface area contributed by atoms with E-state index in [1.165, 1.54) is 29.7 Å². The first-order valence-electron chi connectivity index (χ1n) is 8.73. The first kappa shape index (κ1) is 14.8. The van der Waals surface area contributed by atoms with Crippen molar-refractivity contribution in [2.75, 3.05) is 6.61 Å².